The summed E-state index contributed by atoms with van der Waals surface area (Å²) < 4.78 is 0. The van der Waals surface area contributed by atoms with Gasteiger partial charge in [0.15, 0.2) is 0 Å². The van der Waals surface area contributed by atoms with Gasteiger partial charge in [-0.05, 0) is 25.8 Å². The predicted octanol–water partition coefficient (Wildman–Crippen LogP) is 2.26. The molecule has 0 unspecified atom stereocenters. The van der Waals surface area contributed by atoms with Crippen molar-refractivity contribution in [1.29, 1.82) is 0 Å². The molecule has 1 fully saturated rings. The lowest BCUT2D eigenvalue weighted by atomic mass is 9.95. The maximum atomic E-state index is 12.1. The number of nitrogens with one attached hydrogen (secondary N) is 1. The Morgan fingerprint density at radius 1 is 1.42 bits per heavy atom. The average Bonchev–Trinajstić information content (AvgIpc) is 2.45. The summed E-state index contributed by atoms with van der Waals surface area (Å²) in [5, 5.41) is 2.92. The smallest absolute Gasteiger partial charge is 0.317 e. The highest BCUT2D eigenvalue weighted by molar-refractivity contribution is 5.74. The highest BCUT2D eigenvalue weighted by atomic mass is 16.2. The average molecular weight is 262 g/mol. The number of amides is 2. The Labute approximate surface area is 114 Å². The molecule has 2 amide bonds. The van der Waals surface area contributed by atoms with E-state index in [1.165, 1.54) is 19.3 Å². The second-order valence-corrected chi connectivity index (χ2v) is 5.16. The van der Waals surface area contributed by atoms with Crippen molar-refractivity contribution in [2.75, 3.05) is 7.05 Å². The molecule has 5 nitrogen and oxygen atoms in total. The van der Waals surface area contributed by atoms with Crippen LogP contribution in [-0.4, -0.2) is 34.0 Å². The summed E-state index contributed by atoms with van der Waals surface area (Å²) in [6, 6.07) is 2.21. The Morgan fingerprint density at radius 2 is 2.16 bits per heavy atom. The molecule has 0 saturated heterocycles. The molecule has 0 aliphatic heterocycles. The molecule has 1 aromatic heterocycles. The van der Waals surface area contributed by atoms with Gasteiger partial charge in [0.05, 0.1) is 12.2 Å². The maximum Gasteiger partial charge on any atom is 0.317 e. The van der Waals surface area contributed by atoms with E-state index in [1.54, 1.807) is 6.20 Å². The molecule has 0 aromatic carbocycles. The summed E-state index contributed by atoms with van der Waals surface area (Å²) in [6.45, 7) is 2.30. The first kappa shape index (κ1) is 13.8. The second kappa shape index (κ2) is 6.50. The summed E-state index contributed by atoms with van der Waals surface area (Å²) in [6.07, 6.45) is 7.72. The van der Waals surface area contributed by atoms with Crippen LogP contribution in [0.5, 0.6) is 0 Å². The summed E-state index contributed by atoms with van der Waals surface area (Å²) in [5.74, 6) is 0.729. The van der Waals surface area contributed by atoms with Crippen molar-refractivity contribution in [3.63, 3.8) is 0 Å². The van der Waals surface area contributed by atoms with Crippen LogP contribution < -0.4 is 5.32 Å². The molecule has 0 spiro atoms. The van der Waals surface area contributed by atoms with Gasteiger partial charge in [-0.15, -0.1) is 0 Å². The summed E-state index contributed by atoms with van der Waals surface area (Å²) in [7, 11) is 1.89. The summed E-state index contributed by atoms with van der Waals surface area (Å²) >= 11 is 0. The fourth-order valence-electron chi connectivity index (χ4n) is 2.53. The Balaban J connectivity index is 1.83. The van der Waals surface area contributed by atoms with Gasteiger partial charge < -0.3 is 10.2 Å². The van der Waals surface area contributed by atoms with E-state index in [9.17, 15) is 4.79 Å². The molecule has 19 heavy (non-hydrogen) atoms. The fraction of sp³-hybridized carbons (Fsp3) is 0.643. The van der Waals surface area contributed by atoms with E-state index in [-0.39, 0.29) is 6.03 Å². The molecule has 0 atom stereocenters. The number of carbonyl (C=O) groups excluding carboxylic acids is 1. The van der Waals surface area contributed by atoms with Crippen LogP contribution in [0, 0.1) is 6.92 Å². The molecular weight excluding hydrogens is 240 g/mol. The molecule has 0 bridgehead atoms. The first-order valence-corrected chi connectivity index (χ1v) is 6.96. The number of rotatable bonds is 3. The van der Waals surface area contributed by atoms with Crippen LogP contribution in [0.1, 0.15) is 43.6 Å². The third kappa shape index (κ3) is 3.91. The minimum atomic E-state index is -0.0110. The topological polar surface area (TPSA) is 58.1 Å². The Morgan fingerprint density at radius 3 is 2.84 bits per heavy atom. The molecule has 1 aliphatic rings. The lowest BCUT2D eigenvalue weighted by Crippen LogP contribution is -2.44. The van der Waals surface area contributed by atoms with Gasteiger partial charge in [-0.25, -0.2) is 14.8 Å². The van der Waals surface area contributed by atoms with Crippen LogP contribution in [-0.2, 0) is 6.54 Å². The Kier molecular flexibility index (Phi) is 4.71. The van der Waals surface area contributed by atoms with Crippen molar-refractivity contribution < 1.29 is 4.79 Å². The van der Waals surface area contributed by atoms with Crippen LogP contribution >= 0.6 is 0 Å². The van der Waals surface area contributed by atoms with Gasteiger partial charge in [0.25, 0.3) is 0 Å². The fourth-order valence-corrected chi connectivity index (χ4v) is 2.53. The lowest BCUT2D eigenvalue weighted by Gasteiger charge is -2.31. The SMILES string of the molecule is Cc1nccc(CNC(=O)N(C)C2CCCCC2)n1. The van der Waals surface area contributed by atoms with Crippen LogP contribution in [0.15, 0.2) is 12.3 Å². The van der Waals surface area contributed by atoms with Gasteiger partial charge in [-0.2, -0.15) is 0 Å². The molecule has 104 valence electrons. The molecule has 1 saturated carbocycles. The van der Waals surface area contributed by atoms with Crippen molar-refractivity contribution in [1.82, 2.24) is 20.2 Å². The molecule has 1 heterocycles. The third-order valence-electron chi connectivity index (χ3n) is 3.70. The van der Waals surface area contributed by atoms with Crippen molar-refractivity contribution in [3.8, 4) is 0 Å². The third-order valence-corrected chi connectivity index (χ3v) is 3.70. The van der Waals surface area contributed by atoms with E-state index in [0.29, 0.717) is 12.6 Å². The van der Waals surface area contributed by atoms with E-state index in [1.807, 2.05) is 24.9 Å². The van der Waals surface area contributed by atoms with Crippen LogP contribution in [0.3, 0.4) is 0 Å². The minimum absolute atomic E-state index is 0.0110. The molecular formula is C14H22N4O. The zero-order chi connectivity index (χ0) is 13.7. The van der Waals surface area contributed by atoms with Crippen molar-refractivity contribution in [3.05, 3.63) is 23.8 Å². The molecule has 1 aromatic rings. The normalized spacial score (nSPS) is 16.1. The van der Waals surface area contributed by atoms with E-state index < -0.39 is 0 Å². The molecule has 5 heteroatoms. The van der Waals surface area contributed by atoms with E-state index in [2.05, 4.69) is 15.3 Å². The highest BCUT2D eigenvalue weighted by Gasteiger charge is 2.21. The van der Waals surface area contributed by atoms with Crippen molar-refractivity contribution in [2.24, 2.45) is 0 Å². The number of urea groups is 1. The quantitative estimate of drug-likeness (QED) is 0.909. The number of aromatic nitrogens is 2. The van der Waals surface area contributed by atoms with Crippen molar-refractivity contribution >= 4 is 6.03 Å². The van der Waals surface area contributed by atoms with Gasteiger partial charge in [-0.3, -0.25) is 0 Å². The zero-order valence-electron chi connectivity index (χ0n) is 11.7. The van der Waals surface area contributed by atoms with Gasteiger partial charge in [0, 0.05) is 19.3 Å². The Hall–Kier alpha value is -1.65. The maximum absolute atomic E-state index is 12.1. The Bertz CT molecular complexity index is 429. The predicted molar refractivity (Wildman–Crippen MR) is 73.6 cm³/mol. The molecule has 1 N–H and O–H groups in total. The highest BCUT2D eigenvalue weighted by Crippen LogP contribution is 2.21. The number of hydrogen-bond donors (Lipinski definition) is 1. The summed E-state index contributed by atoms with van der Waals surface area (Å²) in [4.78, 5) is 22.2. The van der Waals surface area contributed by atoms with Gasteiger partial charge in [0.1, 0.15) is 5.82 Å². The van der Waals surface area contributed by atoms with Crippen LogP contribution in [0.4, 0.5) is 4.79 Å². The molecule has 1 aliphatic carbocycles. The number of nitrogens with zero attached hydrogens (tertiary/aromatic N) is 3. The first-order valence-electron chi connectivity index (χ1n) is 6.96. The van der Waals surface area contributed by atoms with E-state index >= 15 is 0 Å². The lowest BCUT2D eigenvalue weighted by molar-refractivity contribution is 0.173. The number of aryl methyl sites for hydroxylation is 1. The molecule has 2 rings (SSSR count). The zero-order valence-corrected chi connectivity index (χ0v) is 11.7. The van der Waals surface area contributed by atoms with E-state index in [0.717, 1.165) is 24.4 Å². The van der Waals surface area contributed by atoms with Crippen molar-refractivity contribution in [2.45, 2.75) is 51.6 Å². The number of hydrogen-bond acceptors (Lipinski definition) is 3. The number of carbonyl (C=O) groups is 1. The second-order valence-electron chi connectivity index (χ2n) is 5.16. The van der Waals surface area contributed by atoms with E-state index in [4.69, 9.17) is 0 Å². The monoisotopic (exact) mass is 262 g/mol. The summed E-state index contributed by atoms with van der Waals surface area (Å²) in [5.41, 5.74) is 0.845. The first-order chi connectivity index (χ1) is 9.16. The minimum Gasteiger partial charge on any atom is -0.332 e. The van der Waals surface area contributed by atoms with Gasteiger partial charge in [0.2, 0.25) is 0 Å². The van der Waals surface area contributed by atoms with Crippen LogP contribution in [0.2, 0.25) is 0 Å². The van der Waals surface area contributed by atoms with Gasteiger partial charge in [-0.1, -0.05) is 19.3 Å². The van der Waals surface area contributed by atoms with Crippen LogP contribution in [0.25, 0.3) is 0 Å². The standard InChI is InChI=1S/C14H22N4O/c1-11-15-9-8-12(17-11)10-16-14(19)18(2)13-6-4-3-5-7-13/h8-9,13H,3-7,10H2,1-2H3,(H,16,19). The molecule has 0 radical (unpaired) electrons. The van der Waals surface area contributed by atoms with Gasteiger partial charge >= 0.3 is 6.03 Å². The largest absolute Gasteiger partial charge is 0.332 e.